The van der Waals surface area contributed by atoms with Gasteiger partial charge in [-0.05, 0) is 53.9 Å². The van der Waals surface area contributed by atoms with E-state index in [1.54, 1.807) is 35.2 Å². The average Bonchev–Trinajstić information content (AvgIpc) is 2.79. The van der Waals surface area contributed by atoms with Gasteiger partial charge in [-0.3, -0.25) is 9.69 Å². The third-order valence-electron chi connectivity index (χ3n) is 5.56. The van der Waals surface area contributed by atoms with Gasteiger partial charge in [0, 0.05) is 43.7 Å². The number of benzene rings is 3. The fraction of sp³-hybridized carbons (Fsp3) is 0.292. The van der Waals surface area contributed by atoms with Crippen LogP contribution in [0.1, 0.15) is 15.9 Å². The van der Waals surface area contributed by atoms with Crippen molar-refractivity contribution in [2.45, 2.75) is 6.18 Å². The highest BCUT2D eigenvalue weighted by atomic mass is 19.4. The molecule has 0 aromatic heterocycles. The van der Waals surface area contributed by atoms with Crippen LogP contribution in [0.4, 0.5) is 17.6 Å². The molecule has 0 radical (unpaired) electrons. The number of nitrogens with zero attached hydrogens (tertiary/aromatic N) is 2. The zero-order valence-electron chi connectivity index (χ0n) is 17.2. The number of carbonyl (C=O) groups excluding carboxylic acids is 1. The number of fused-ring (bicyclic) bond motifs is 1. The van der Waals surface area contributed by atoms with Gasteiger partial charge < -0.3 is 9.64 Å². The maximum absolute atomic E-state index is 12.9. The van der Waals surface area contributed by atoms with Gasteiger partial charge in [-0.2, -0.15) is 13.2 Å². The summed E-state index contributed by atoms with van der Waals surface area (Å²) in [6, 6.07) is 15.1. The van der Waals surface area contributed by atoms with Gasteiger partial charge in [0.25, 0.3) is 5.91 Å². The Kier molecular flexibility index (Phi) is 6.32. The summed E-state index contributed by atoms with van der Waals surface area (Å²) in [6.07, 6.45) is -4.40. The number of piperazine rings is 1. The van der Waals surface area contributed by atoms with Crippen LogP contribution < -0.4 is 4.74 Å². The van der Waals surface area contributed by atoms with Crippen LogP contribution >= 0.6 is 0 Å². The summed E-state index contributed by atoms with van der Waals surface area (Å²) in [5, 5.41) is 1.54. The maximum Gasteiger partial charge on any atom is 0.416 e. The minimum atomic E-state index is -4.40. The van der Waals surface area contributed by atoms with Crippen LogP contribution in [0.25, 0.3) is 10.8 Å². The number of rotatable bonds is 5. The Hall–Kier alpha value is -3.13. The third-order valence-corrected chi connectivity index (χ3v) is 5.56. The second-order valence-corrected chi connectivity index (χ2v) is 7.64. The van der Waals surface area contributed by atoms with Crippen LogP contribution in [0.3, 0.4) is 0 Å². The lowest BCUT2D eigenvalue weighted by Gasteiger charge is -2.34. The van der Waals surface area contributed by atoms with E-state index in [0.717, 1.165) is 22.9 Å². The molecule has 32 heavy (non-hydrogen) atoms. The molecule has 0 bridgehead atoms. The second-order valence-electron chi connectivity index (χ2n) is 7.64. The number of alkyl halides is 4. The highest BCUT2D eigenvalue weighted by molar-refractivity contribution is 6.00. The van der Waals surface area contributed by atoms with Crippen molar-refractivity contribution in [2.24, 2.45) is 0 Å². The average molecular weight is 446 g/mol. The Balaban J connectivity index is 1.51. The van der Waals surface area contributed by atoms with Crippen LogP contribution in [-0.4, -0.2) is 55.1 Å². The number of ether oxygens (including phenoxy) is 1. The Bertz CT molecular complexity index is 1090. The SMILES string of the molecule is O=C(c1ccc2c(Oc3ccc(C(F)(F)F)cc3)cccc2c1)N1CCN(CCF)CC1. The van der Waals surface area contributed by atoms with E-state index in [4.69, 9.17) is 4.74 Å². The highest BCUT2D eigenvalue weighted by Gasteiger charge is 2.30. The smallest absolute Gasteiger partial charge is 0.416 e. The summed E-state index contributed by atoms with van der Waals surface area (Å²) < 4.78 is 56.6. The molecule has 1 aliphatic heterocycles. The lowest BCUT2D eigenvalue weighted by Crippen LogP contribution is -2.49. The Morgan fingerprint density at radius 2 is 1.66 bits per heavy atom. The molecule has 0 aliphatic carbocycles. The number of hydrogen-bond acceptors (Lipinski definition) is 3. The fourth-order valence-electron chi connectivity index (χ4n) is 3.79. The van der Waals surface area contributed by atoms with Crippen LogP contribution in [0.15, 0.2) is 60.7 Å². The van der Waals surface area contributed by atoms with Crippen LogP contribution in [-0.2, 0) is 6.18 Å². The van der Waals surface area contributed by atoms with Gasteiger partial charge in [0.2, 0.25) is 0 Å². The van der Waals surface area contributed by atoms with Gasteiger partial charge in [0.1, 0.15) is 18.2 Å². The normalized spacial score (nSPS) is 15.2. The molecule has 1 amide bonds. The van der Waals surface area contributed by atoms with Crippen molar-refractivity contribution in [3.8, 4) is 11.5 Å². The predicted molar refractivity (Wildman–Crippen MR) is 114 cm³/mol. The van der Waals surface area contributed by atoms with E-state index in [0.29, 0.717) is 44.0 Å². The van der Waals surface area contributed by atoms with Crippen molar-refractivity contribution in [1.82, 2.24) is 9.80 Å². The standard InChI is InChI=1S/C24H22F4N2O2/c25-10-11-29-12-14-30(15-13-29)23(31)18-4-9-21-17(16-18)2-1-3-22(21)32-20-7-5-19(6-8-20)24(26,27)28/h1-9,16H,10-15H2. The molecule has 4 nitrogen and oxygen atoms in total. The molecule has 1 fully saturated rings. The Labute approximate surface area is 183 Å². The van der Waals surface area contributed by atoms with Crippen molar-refractivity contribution < 1.29 is 27.1 Å². The number of amides is 1. The molecule has 3 aromatic rings. The Morgan fingerprint density at radius 1 is 0.938 bits per heavy atom. The highest BCUT2D eigenvalue weighted by Crippen LogP contribution is 2.34. The Morgan fingerprint density at radius 3 is 2.31 bits per heavy atom. The molecule has 0 spiro atoms. The van der Waals surface area contributed by atoms with E-state index >= 15 is 0 Å². The first-order valence-corrected chi connectivity index (χ1v) is 10.3. The fourth-order valence-corrected chi connectivity index (χ4v) is 3.79. The molecule has 1 saturated heterocycles. The minimum Gasteiger partial charge on any atom is -0.457 e. The van der Waals surface area contributed by atoms with E-state index in [2.05, 4.69) is 0 Å². The summed E-state index contributed by atoms with van der Waals surface area (Å²) in [5.41, 5.74) is -0.195. The predicted octanol–water partition coefficient (Wildman–Crippen LogP) is 5.38. The lowest BCUT2D eigenvalue weighted by atomic mass is 10.0. The second kappa shape index (κ2) is 9.16. The van der Waals surface area contributed by atoms with Gasteiger partial charge in [0.15, 0.2) is 0 Å². The van der Waals surface area contributed by atoms with Crippen LogP contribution in [0, 0.1) is 0 Å². The van der Waals surface area contributed by atoms with E-state index in [1.165, 1.54) is 12.1 Å². The zero-order chi connectivity index (χ0) is 22.7. The molecule has 3 aromatic carbocycles. The molecule has 0 unspecified atom stereocenters. The van der Waals surface area contributed by atoms with Crippen molar-refractivity contribution >= 4 is 16.7 Å². The monoisotopic (exact) mass is 446 g/mol. The molecular weight excluding hydrogens is 424 g/mol. The third kappa shape index (κ3) is 4.85. The van der Waals surface area contributed by atoms with Crippen molar-refractivity contribution in [3.05, 3.63) is 71.8 Å². The first kappa shape index (κ1) is 22.1. The van der Waals surface area contributed by atoms with E-state index < -0.39 is 18.4 Å². The molecular formula is C24H22F4N2O2. The molecule has 1 heterocycles. The molecule has 0 N–H and O–H groups in total. The van der Waals surface area contributed by atoms with Crippen LogP contribution in [0.5, 0.6) is 11.5 Å². The van der Waals surface area contributed by atoms with Gasteiger partial charge in [-0.15, -0.1) is 0 Å². The summed E-state index contributed by atoms with van der Waals surface area (Å²) in [4.78, 5) is 16.7. The maximum atomic E-state index is 12.9. The summed E-state index contributed by atoms with van der Waals surface area (Å²) >= 11 is 0. The van der Waals surface area contributed by atoms with Crippen molar-refractivity contribution in [2.75, 3.05) is 39.4 Å². The number of carbonyl (C=O) groups is 1. The van der Waals surface area contributed by atoms with Gasteiger partial charge in [-0.1, -0.05) is 12.1 Å². The molecule has 0 atom stereocenters. The quantitative estimate of drug-likeness (QED) is 0.494. The summed E-state index contributed by atoms with van der Waals surface area (Å²) in [7, 11) is 0. The van der Waals surface area contributed by atoms with Gasteiger partial charge in [-0.25, -0.2) is 4.39 Å². The first-order valence-electron chi connectivity index (χ1n) is 10.3. The van der Waals surface area contributed by atoms with Gasteiger partial charge in [0.05, 0.1) is 5.56 Å². The number of halogens is 4. The molecule has 4 rings (SSSR count). The summed E-state index contributed by atoms with van der Waals surface area (Å²) in [6.45, 7) is 2.39. The van der Waals surface area contributed by atoms with Gasteiger partial charge >= 0.3 is 6.18 Å². The molecule has 168 valence electrons. The van der Waals surface area contributed by atoms with Crippen LogP contribution in [0.2, 0.25) is 0 Å². The molecule has 8 heteroatoms. The lowest BCUT2D eigenvalue weighted by molar-refractivity contribution is -0.137. The first-order chi connectivity index (χ1) is 15.3. The zero-order valence-corrected chi connectivity index (χ0v) is 17.2. The van der Waals surface area contributed by atoms with E-state index in [9.17, 15) is 22.4 Å². The van der Waals surface area contributed by atoms with E-state index in [1.807, 2.05) is 11.0 Å². The van der Waals surface area contributed by atoms with Crippen molar-refractivity contribution in [3.63, 3.8) is 0 Å². The number of hydrogen-bond donors (Lipinski definition) is 0. The van der Waals surface area contributed by atoms with E-state index in [-0.39, 0.29) is 11.7 Å². The topological polar surface area (TPSA) is 32.8 Å². The summed E-state index contributed by atoms with van der Waals surface area (Å²) in [5.74, 6) is 0.693. The largest absolute Gasteiger partial charge is 0.457 e. The minimum absolute atomic E-state index is 0.0825. The molecule has 0 saturated carbocycles. The van der Waals surface area contributed by atoms with Crippen molar-refractivity contribution in [1.29, 1.82) is 0 Å². The molecule has 1 aliphatic rings.